The highest BCUT2D eigenvalue weighted by Crippen LogP contribution is 2.28. The van der Waals surface area contributed by atoms with Crippen LogP contribution in [0, 0.1) is 22.3 Å². The number of benzene rings is 1. The average Bonchev–Trinajstić information content (AvgIpc) is 3.25. The Labute approximate surface area is 219 Å². The molecule has 1 aromatic carbocycles. The Bertz CT molecular complexity index is 1320. The molecule has 0 saturated carbocycles. The number of nitrogens with two attached hydrogens (primary N) is 1. The van der Waals surface area contributed by atoms with Gasteiger partial charge >= 0.3 is 5.97 Å². The van der Waals surface area contributed by atoms with E-state index >= 15 is 0 Å². The molecule has 0 bridgehead atoms. The van der Waals surface area contributed by atoms with Crippen LogP contribution in [0.3, 0.4) is 0 Å². The predicted molar refractivity (Wildman–Crippen MR) is 147 cm³/mol. The number of carbonyl (C=O) groups is 1. The third-order valence-electron chi connectivity index (χ3n) is 5.19. The standard InChI is InChI=1S/C25H26ClN3O2S3/c1-4-29-14-20(23(33)28-13-16-7-9-17(26)10-8-16)22(32)19-12-18(34-24(19)29)6-5-11-31-25(30)21(27)15(2)3/h7-10,12,14-15,21H,4,11,13,27H2,1-3H3,(H,28,33). The number of rotatable bonds is 7. The molecule has 9 heteroatoms. The predicted octanol–water partition coefficient (Wildman–Crippen LogP) is 5.45. The number of hydrogen-bond donors (Lipinski definition) is 2. The molecule has 0 aliphatic rings. The van der Waals surface area contributed by atoms with Gasteiger partial charge < -0.3 is 20.4 Å². The van der Waals surface area contributed by atoms with E-state index < -0.39 is 12.0 Å². The lowest BCUT2D eigenvalue weighted by molar-refractivity contribution is -0.144. The number of ether oxygens (including phenoxy) is 1. The van der Waals surface area contributed by atoms with Gasteiger partial charge in [0.25, 0.3) is 0 Å². The Morgan fingerprint density at radius 2 is 2.03 bits per heavy atom. The zero-order chi connectivity index (χ0) is 24.8. The lowest BCUT2D eigenvalue weighted by Crippen LogP contribution is -2.37. The molecule has 5 nitrogen and oxygen atoms in total. The Morgan fingerprint density at radius 1 is 1.32 bits per heavy atom. The summed E-state index contributed by atoms with van der Waals surface area (Å²) in [6, 6.07) is 8.94. The van der Waals surface area contributed by atoms with Gasteiger partial charge in [-0.25, -0.2) is 0 Å². The van der Waals surface area contributed by atoms with Crippen molar-refractivity contribution < 1.29 is 9.53 Å². The number of nitrogens with zero attached hydrogens (tertiary/aromatic N) is 1. The van der Waals surface area contributed by atoms with Crippen molar-refractivity contribution >= 4 is 68.5 Å². The Morgan fingerprint density at radius 3 is 2.68 bits per heavy atom. The van der Waals surface area contributed by atoms with Crippen LogP contribution in [-0.4, -0.2) is 28.2 Å². The molecule has 178 valence electrons. The summed E-state index contributed by atoms with van der Waals surface area (Å²) in [7, 11) is 0. The molecule has 3 aromatic rings. The zero-order valence-electron chi connectivity index (χ0n) is 19.2. The molecule has 0 fully saturated rings. The first-order valence-corrected chi connectivity index (χ1v) is 12.8. The number of hydrogen-bond acceptors (Lipinski definition) is 6. The lowest BCUT2D eigenvalue weighted by atomic mass is 10.1. The van der Waals surface area contributed by atoms with Gasteiger partial charge in [-0.3, -0.25) is 4.79 Å². The monoisotopic (exact) mass is 531 g/mol. The zero-order valence-corrected chi connectivity index (χ0v) is 22.4. The molecule has 2 aromatic heterocycles. The van der Waals surface area contributed by atoms with Crippen molar-refractivity contribution in [2.45, 2.75) is 39.9 Å². The van der Waals surface area contributed by atoms with Gasteiger partial charge in [0, 0.05) is 35.3 Å². The fourth-order valence-electron chi connectivity index (χ4n) is 3.11. The van der Waals surface area contributed by atoms with Crippen LogP contribution in [0.5, 0.6) is 0 Å². The van der Waals surface area contributed by atoms with Crippen LogP contribution in [-0.2, 0) is 22.6 Å². The van der Waals surface area contributed by atoms with Crippen LogP contribution >= 0.6 is 47.4 Å². The van der Waals surface area contributed by atoms with Crippen LogP contribution in [0.25, 0.3) is 10.2 Å². The van der Waals surface area contributed by atoms with Crippen molar-refractivity contribution in [2.75, 3.05) is 6.61 Å². The number of thiophene rings is 1. The highest BCUT2D eigenvalue weighted by atomic mass is 35.5. The summed E-state index contributed by atoms with van der Waals surface area (Å²) < 4.78 is 7.96. The first-order chi connectivity index (χ1) is 16.2. The maximum absolute atomic E-state index is 11.9. The Hall–Kier alpha value is -2.28. The van der Waals surface area contributed by atoms with E-state index in [1.165, 1.54) is 0 Å². The van der Waals surface area contributed by atoms with E-state index in [0.29, 0.717) is 21.1 Å². The molecule has 3 N–H and O–H groups in total. The molecule has 0 aliphatic carbocycles. The molecular formula is C25H26ClN3O2S3. The minimum atomic E-state index is -0.645. The SMILES string of the molecule is CCn1cc(C(=S)NCc2ccc(Cl)cc2)c(=S)c2cc(C#CCOC(=O)C(N)C(C)C)sc21. The molecular weight excluding hydrogens is 506 g/mol. The Balaban J connectivity index is 1.78. The summed E-state index contributed by atoms with van der Waals surface area (Å²) in [6.07, 6.45) is 1.99. The van der Waals surface area contributed by atoms with Gasteiger partial charge in [-0.15, -0.1) is 11.3 Å². The number of fused-ring (bicyclic) bond motifs is 1. The maximum atomic E-state index is 11.9. The molecule has 0 aliphatic heterocycles. The number of pyridine rings is 1. The Kier molecular flexibility index (Phi) is 9.23. The van der Waals surface area contributed by atoms with Crippen LogP contribution in [0.4, 0.5) is 0 Å². The van der Waals surface area contributed by atoms with E-state index in [9.17, 15) is 4.79 Å². The van der Waals surface area contributed by atoms with Crippen molar-refractivity contribution in [2.24, 2.45) is 11.7 Å². The van der Waals surface area contributed by atoms with E-state index in [2.05, 4.69) is 28.6 Å². The quantitative estimate of drug-likeness (QED) is 0.240. The van der Waals surface area contributed by atoms with E-state index in [0.717, 1.165) is 32.8 Å². The number of nitrogens with one attached hydrogen (secondary N) is 1. The molecule has 0 radical (unpaired) electrons. The molecule has 0 amide bonds. The van der Waals surface area contributed by atoms with Crippen LogP contribution in [0.2, 0.25) is 5.02 Å². The fourth-order valence-corrected chi connectivity index (χ4v) is 4.98. The first-order valence-electron chi connectivity index (χ1n) is 10.8. The smallest absolute Gasteiger partial charge is 0.324 e. The third-order valence-corrected chi connectivity index (χ3v) is 7.33. The molecule has 34 heavy (non-hydrogen) atoms. The van der Waals surface area contributed by atoms with Gasteiger partial charge in [-0.05, 0) is 36.6 Å². The molecule has 1 atom stereocenters. The van der Waals surface area contributed by atoms with Crippen LogP contribution in [0.15, 0.2) is 36.5 Å². The lowest BCUT2D eigenvalue weighted by Gasteiger charge is -2.12. The van der Waals surface area contributed by atoms with Gasteiger partial charge in [0.05, 0.1) is 9.39 Å². The van der Waals surface area contributed by atoms with Gasteiger partial charge in [0.2, 0.25) is 0 Å². The van der Waals surface area contributed by atoms with Gasteiger partial charge in [0.15, 0.2) is 6.61 Å². The number of aromatic nitrogens is 1. The molecule has 1 unspecified atom stereocenters. The summed E-state index contributed by atoms with van der Waals surface area (Å²) in [4.78, 5) is 14.3. The minimum absolute atomic E-state index is 0.00797. The van der Waals surface area contributed by atoms with E-state index in [1.807, 2.05) is 50.4 Å². The largest absolute Gasteiger partial charge is 0.451 e. The van der Waals surface area contributed by atoms with Crippen molar-refractivity contribution in [3.63, 3.8) is 0 Å². The summed E-state index contributed by atoms with van der Waals surface area (Å²) in [5.41, 5.74) is 7.68. The molecule has 2 heterocycles. The second kappa shape index (κ2) is 11.9. The number of aryl methyl sites for hydroxylation is 1. The topological polar surface area (TPSA) is 69.3 Å². The van der Waals surface area contributed by atoms with Crippen LogP contribution < -0.4 is 11.1 Å². The van der Waals surface area contributed by atoms with Gasteiger partial charge in [-0.1, -0.05) is 73.9 Å². The molecule has 0 saturated heterocycles. The van der Waals surface area contributed by atoms with Crippen molar-refractivity contribution in [3.05, 3.63) is 62.1 Å². The maximum Gasteiger partial charge on any atom is 0.324 e. The first kappa shape index (κ1) is 26.3. The summed E-state index contributed by atoms with van der Waals surface area (Å²) >= 11 is 18.9. The van der Waals surface area contributed by atoms with Gasteiger partial charge in [-0.2, -0.15) is 0 Å². The normalized spacial score (nSPS) is 11.7. The molecule has 0 spiro atoms. The fraction of sp³-hybridized carbons (Fsp3) is 0.320. The highest BCUT2D eigenvalue weighted by Gasteiger charge is 2.18. The summed E-state index contributed by atoms with van der Waals surface area (Å²) in [6.45, 7) is 7.14. The second-order valence-electron chi connectivity index (χ2n) is 7.98. The van der Waals surface area contributed by atoms with E-state index in [4.69, 9.17) is 46.5 Å². The van der Waals surface area contributed by atoms with E-state index in [1.54, 1.807) is 11.3 Å². The average molecular weight is 532 g/mol. The van der Waals surface area contributed by atoms with Crippen molar-refractivity contribution in [1.82, 2.24) is 9.88 Å². The number of halogens is 1. The van der Waals surface area contributed by atoms with Crippen molar-refractivity contribution in [3.8, 4) is 11.8 Å². The van der Waals surface area contributed by atoms with Crippen molar-refractivity contribution in [1.29, 1.82) is 0 Å². The highest BCUT2D eigenvalue weighted by molar-refractivity contribution is 7.80. The molecule has 3 rings (SSSR count). The number of esters is 1. The third kappa shape index (κ3) is 6.44. The summed E-state index contributed by atoms with van der Waals surface area (Å²) in [5, 5.41) is 4.92. The minimum Gasteiger partial charge on any atom is -0.451 e. The van der Waals surface area contributed by atoms with Crippen LogP contribution in [0.1, 0.15) is 36.8 Å². The van der Waals surface area contributed by atoms with E-state index in [-0.39, 0.29) is 12.5 Å². The number of thiocarbonyl (C=S) groups is 1. The second-order valence-corrected chi connectivity index (χ2v) is 10.3. The number of carbonyl (C=O) groups excluding carboxylic acids is 1. The van der Waals surface area contributed by atoms with Gasteiger partial charge in [0.1, 0.15) is 15.9 Å². The summed E-state index contributed by atoms with van der Waals surface area (Å²) in [5.74, 6) is 5.53.